The predicted molar refractivity (Wildman–Crippen MR) is 72.8 cm³/mol. The fourth-order valence-corrected chi connectivity index (χ4v) is 2.46. The lowest BCUT2D eigenvalue weighted by molar-refractivity contribution is -0.151. The molecule has 0 aliphatic carbocycles. The van der Waals surface area contributed by atoms with Crippen molar-refractivity contribution in [2.75, 3.05) is 19.7 Å². The van der Waals surface area contributed by atoms with E-state index in [-0.39, 0.29) is 17.8 Å². The van der Waals surface area contributed by atoms with Gasteiger partial charge in [0.25, 0.3) is 0 Å². The highest BCUT2D eigenvalue weighted by Crippen LogP contribution is 2.18. The Bertz CT molecular complexity index is 445. The van der Waals surface area contributed by atoms with Crippen LogP contribution >= 0.6 is 0 Å². The summed E-state index contributed by atoms with van der Waals surface area (Å²) in [5.74, 6) is -0.274. The van der Waals surface area contributed by atoms with Gasteiger partial charge in [0.1, 0.15) is 0 Å². The molecule has 2 rings (SSSR count). The number of rotatable bonds is 5. The summed E-state index contributed by atoms with van der Waals surface area (Å²) in [6.07, 6.45) is 5.61. The Labute approximate surface area is 118 Å². The normalized spacial score (nSPS) is 18.9. The number of aryl methyl sites for hydroxylation is 1. The van der Waals surface area contributed by atoms with E-state index in [1.165, 1.54) is 0 Å². The molecule has 1 aromatic heterocycles. The van der Waals surface area contributed by atoms with Crippen LogP contribution in [0.5, 0.6) is 0 Å². The van der Waals surface area contributed by atoms with E-state index in [1.54, 1.807) is 22.7 Å². The molecule has 1 amide bonds. The zero-order chi connectivity index (χ0) is 14.4. The lowest BCUT2D eigenvalue weighted by atomic mass is 9.98. The molecule has 0 radical (unpaired) electrons. The molecule has 1 atom stereocenters. The molecule has 2 heterocycles. The first kappa shape index (κ1) is 14.6. The summed E-state index contributed by atoms with van der Waals surface area (Å²) in [6, 6.07) is 1.84. The second-order valence-electron chi connectivity index (χ2n) is 4.95. The fraction of sp³-hybridized carbons (Fsp3) is 0.643. The quantitative estimate of drug-likeness (QED) is 0.756. The molecule has 1 aliphatic rings. The van der Waals surface area contributed by atoms with Gasteiger partial charge in [-0.2, -0.15) is 5.10 Å². The van der Waals surface area contributed by atoms with E-state index in [9.17, 15) is 9.59 Å². The number of ether oxygens (including phenoxy) is 1. The first-order chi connectivity index (χ1) is 9.70. The van der Waals surface area contributed by atoms with Crippen molar-refractivity contribution in [2.45, 2.75) is 32.7 Å². The largest absolute Gasteiger partial charge is 0.466 e. The van der Waals surface area contributed by atoms with E-state index < -0.39 is 0 Å². The number of piperidine rings is 1. The molecule has 0 saturated carbocycles. The van der Waals surface area contributed by atoms with Crippen LogP contribution in [-0.2, 0) is 20.9 Å². The Morgan fingerprint density at radius 2 is 2.30 bits per heavy atom. The second-order valence-corrected chi connectivity index (χ2v) is 4.95. The van der Waals surface area contributed by atoms with Crippen LogP contribution in [0.4, 0.5) is 0 Å². The highest BCUT2D eigenvalue weighted by molar-refractivity contribution is 5.78. The lowest BCUT2D eigenvalue weighted by Crippen LogP contribution is -2.43. The number of esters is 1. The van der Waals surface area contributed by atoms with Crippen LogP contribution in [0.1, 0.15) is 26.2 Å². The number of amides is 1. The number of nitrogens with zero attached hydrogens (tertiary/aromatic N) is 3. The summed E-state index contributed by atoms with van der Waals surface area (Å²) in [7, 11) is 0. The first-order valence-corrected chi connectivity index (χ1v) is 7.12. The van der Waals surface area contributed by atoms with Crippen LogP contribution in [0.2, 0.25) is 0 Å². The van der Waals surface area contributed by atoms with Crippen molar-refractivity contribution in [1.29, 1.82) is 0 Å². The van der Waals surface area contributed by atoms with Gasteiger partial charge in [0.05, 0.1) is 12.5 Å². The maximum Gasteiger partial charge on any atom is 0.310 e. The Balaban J connectivity index is 1.81. The van der Waals surface area contributed by atoms with Crippen molar-refractivity contribution in [2.24, 2.45) is 5.92 Å². The van der Waals surface area contributed by atoms with Gasteiger partial charge in [0.2, 0.25) is 5.91 Å². The molecule has 1 saturated heterocycles. The van der Waals surface area contributed by atoms with Gasteiger partial charge in [0.15, 0.2) is 0 Å². The van der Waals surface area contributed by atoms with E-state index in [0.29, 0.717) is 26.1 Å². The number of carbonyl (C=O) groups excluding carboxylic acids is 2. The molecule has 0 bridgehead atoms. The van der Waals surface area contributed by atoms with Crippen LogP contribution in [-0.4, -0.2) is 46.3 Å². The molecular weight excluding hydrogens is 258 g/mol. The smallest absolute Gasteiger partial charge is 0.310 e. The van der Waals surface area contributed by atoms with Crippen LogP contribution in [0.15, 0.2) is 18.5 Å². The van der Waals surface area contributed by atoms with Crippen molar-refractivity contribution in [3.05, 3.63) is 18.5 Å². The fourth-order valence-electron chi connectivity index (χ4n) is 2.46. The molecule has 1 fully saturated rings. The molecule has 20 heavy (non-hydrogen) atoms. The third kappa shape index (κ3) is 3.82. The molecule has 1 aliphatic heterocycles. The molecule has 0 spiro atoms. The number of hydrogen-bond acceptors (Lipinski definition) is 4. The summed E-state index contributed by atoms with van der Waals surface area (Å²) in [5.41, 5.74) is 0. The maximum absolute atomic E-state index is 12.2. The summed E-state index contributed by atoms with van der Waals surface area (Å²) >= 11 is 0. The van der Waals surface area contributed by atoms with E-state index in [2.05, 4.69) is 5.10 Å². The van der Waals surface area contributed by atoms with Crippen LogP contribution in [0.3, 0.4) is 0 Å². The maximum atomic E-state index is 12.2. The highest BCUT2D eigenvalue weighted by atomic mass is 16.5. The lowest BCUT2D eigenvalue weighted by Gasteiger charge is -2.31. The minimum atomic E-state index is -0.183. The zero-order valence-corrected chi connectivity index (χ0v) is 11.8. The molecule has 1 aromatic rings. The molecule has 0 N–H and O–H groups in total. The van der Waals surface area contributed by atoms with Crippen LogP contribution in [0, 0.1) is 5.92 Å². The van der Waals surface area contributed by atoms with Gasteiger partial charge in [-0.15, -0.1) is 0 Å². The topological polar surface area (TPSA) is 64.4 Å². The van der Waals surface area contributed by atoms with E-state index in [0.717, 1.165) is 19.4 Å². The number of carbonyl (C=O) groups is 2. The van der Waals surface area contributed by atoms with E-state index >= 15 is 0 Å². The SMILES string of the molecule is CCOC(=O)[C@@H]1CCCN(C(=O)CCn2cccn2)C1. The van der Waals surface area contributed by atoms with Crippen molar-refractivity contribution >= 4 is 11.9 Å². The minimum absolute atomic E-state index is 0.0782. The number of hydrogen-bond donors (Lipinski definition) is 0. The van der Waals surface area contributed by atoms with Gasteiger partial charge in [-0.3, -0.25) is 14.3 Å². The summed E-state index contributed by atoms with van der Waals surface area (Å²) in [6.45, 7) is 3.98. The average Bonchev–Trinajstić information content (AvgIpc) is 2.98. The van der Waals surface area contributed by atoms with E-state index in [1.807, 2.05) is 12.3 Å². The molecule has 110 valence electrons. The van der Waals surface area contributed by atoms with Gasteiger partial charge >= 0.3 is 5.97 Å². The molecule has 6 heteroatoms. The summed E-state index contributed by atoms with van der Waals surface area (Å²) in [4.78, 5) is 25.7. The van der Waals surface area contributed by atoms with Gasteiger partial charge in [-0.25, -0.2) is 0 Å². The van der Waals surface area contributed by atoms with Gasteiger partial charge < -0.3 is 9.64 Å². The third-order valence-corrected chi connectivity index (χ3v) is 3.51. The molecule has 0 aromatic carbocycles. The first-order valence-electron chi connectivity index (χ1n) is 7.12. The monoisotopic (exact) mass is 279 g/mol. The molecule has 0 unspecified atom stereocenters. The summed E-state index contributed by atoms with van der Waals surface area (Å²) in [5, 5.41) is 4.07. The standard InChI is InChI=1S/C14H21N3O3/c1-2-20-14(19)12-5-3-8-16(11-12)13(18)6-10-17-9-4-7-15-17/h4,7,9,12H,2-3,5-6,8,10-11H2,1H3/t12-/m1/s1. The van der Waals surface area contributed by atoms with E-state index in [4.69, 9.17) is 4.74 Å². The van der Waals surface area contributed by atoms with Gasteiger partial charge in [-0.05, 0) is 25.8 Å². The predicted octanol–water partition coefficient (Wildman–Crippen LogP) is 1.07. The Morgan fingerprint density at radius 1 is 1.45 bits per heavy atom. The highest BCUT2D eigenvalue weighted by Gasteiger charge is 2.28. The Kier molecular flexibility index (Phi) is 5.15. The summed E-state index contributed by atoms with van der Waals surface area (Å²) < 4.78 is 6.78. The van der Waals surface area contributed by atoms with Crippen LogP contribution in [0.25, 0.3) is 0 Å². The van der Waals surface area contributed by atoms with Crippen molar-refractivity contribution in [1.82, 2.24) is 14.7 Å². The number of likely N-dealkylation sites (tertiary alicyclic amines) is 1. The average molecular weight is 279 g/mol. The van der Waals surface area contributed by atoms with Crippen LogP contribution < -0.4 is 0 Å². The van der Waals surface area contributed by atoms with Crippen molar-refractivity contribution in [3.8, 4) is 0 Å². The molecular formula is C14H21N3O3. The molecule has 6 nitrogen and oxygen atoms in total. The van der Waals surface area contributed by atoms with Crippen molar-refractivity contribution < 1.29 is 14.3 Å². The third-order valence-electron chi connectivity index (χ3n) is 3.51. The Hall–Kier alpha value is -1.85. The van der Waals surface area contributed by atoms with Crippen molar-refractivity contribution in [3.63, 3.8) is 0 Å². The second kappa shape index (κ2) is 7.07. The Morgan fingerprint density at radius 3 is 3.00 bits per heavy atom. The van der Waals surface area contributed by atoms with Gasteiger partial charge in [-0.1, -0.05) is 0 Å². The zero-order valence-electron chi connectivity index (χ0n) is 11.8. The minimum Gasteiger partial charge on any atom is -0.466 e. The number of aromatic nitrogens is 2. The van der Waals surface area contributed by atoms with Gasteiger partial charge in [0, 0.05) is 38.4 Å².